The maximum absolute atomic E-state index is 5.95. The van der Waals surface area contributed by atoms with Crippen LogP contribution in [0.15, 0.2) is 24.5 Å². The summed E-state index contributed by atoms with van der Waals surface area (Å²) in [7, 11) is 0. The molecule has 0 radical (unpaired) electrons. The zero-order valence-electron chi connectivity index (χ0n) is 15.5. The van der Waals surface area contributed by atoms with Crippen LogP contribution in [0.4, 0.5) is 5.95 Å². The normalized spacial score (nSPS) is 15.0. The Morgan fingerprint density at radius 2 is 1.84 bits per heavy atom. The lowest BCUT2D eigenvalue weighted by molar-refractivity contribution is 0.239. The van der Waals surface area contributed by atoms with Gasteiger partial charge < -0.3 is 15.0 Å². The molecule has 134 valence electrons. The zero-order valence-corrected chi connectivity index (χ0v) is 15.5. The van der Waals surface area contributed by atoms with E-state index in [0.29, 0.717) is 11.7 Å². The number of nitrogens with zero attached hydrogens (tertiary/aromatic N) is 4. The van der Waals surface area contributed by atoms with Crippen LogP contribution in [0.3, 0.4) is 0 Å². The Kier molecular flexibility index (Phi) is 5.48. The molecule has 6 heteroatoms. The first kappa shape index (κ1) is 17.6. The summed E-state index contributed by atoms with van der Waals surface area (Å²) in [6.45, 7) is 12.2. The molecule has 1 aliphatic heterocycles. The molecule has 0 spiro atoms. The minimum absolute atomic E-state index is 0.153. The predicted octanol–water partition coefficient (Wildman–Crippen LogP) is 2.86. The van der Waals surface area contributed by atoms with Gasteiger partial charge in [-0.1, -0.05) is 13.8 Å². The monoisotopic (exact) mass is 341 g/mol. The fraction of sp³-hybridized carbons (Fsp3) is 0.526. The third-order valence-electron chi connectivity index (χ3n) is 4.21. The fourth-order valence-corrected chi connectivity index (χ4v) is 2.94. The summed E-state index contributed by atoms with van der Waals surface area (Å²) in [5, 5.41) is 3.35. The topological polar surface area (TPSA) is 63.2 Å². The van der Waals surface area contributed by atoms with Gasteiger partial charge in [-0.05, 0) is 43.5 Å². The molecule has 0 aliphatic carbocycles. The van der Waals surface area contributed by atoms with Crippen LogP contribution in [0.25, 0.3) is 11.4 Å². The maximum atomic E-state index is 5.95. The van der Waals surface area contributed by atoms with Gasteiger partial charge in [0.1, 0.15) is 12.1 Å². The first-order chi connectivity index (χ1) is 12.0. The molecule has 0 unspecified atom stereocenters. The van der Waals surface area contributed by atoms with E-state index in [9.17, 15) is 0 Å². The summed E-state index contributed by atoms with van der Waals surface area (Å²) in [5.41, 5.74) is 2.17. The molecular weight excluding hydrogens is 314 g/mol. The van der Waals surface area contributed by atoms with E-state index in [-0.39, 0.29) is 6.10 Å². The van der Waals surface area contributed by atoms with E-state index in [1.807, 2.05) is 26.0 Å². The van der Waals surface area contributed by atoms with Crippen molar-refractivity contribution in [2.75, 3.05) is 31.1 Å². The van der Waals surface area contributed by atoms with E-state index in [1.165, 1.54) is 5.56 Å². The molecule has 0 bridgehead atoms. The molecule has 0 atom stereocenters. The van der Waals surface area contributed by atoms with E-state index < -0.39 is 0 Å². The number of benzene rings is 1. The molecule has 0 amide bonds. The van der Waals surface area contributed by atoms with E-state index in [0.717, 1.165) is 43.4 Å². The van der Waals surface area contributed by atoms with Crippen molar-refractivity contribution in [1.82, 2.24) is 20.3 Å². The predicted molar refractivity (Wildman–Crippen MR) is 100 cm³/mol. The van der Waals surface area contributed by atoms with Crippen molar-refractivity contribution < 1.29 is 4.74 Å². The van der Waals surface area contributed by atoms with Crippen LogP contribution in [-0.2, 0) is 0 Å². The summed E-state index contributed by atoms with van der Waals surface area (Å²) in [6, 6.07) is 6.19. The number of rotatable bonds is 5. The third kappa shape index (κ3) is 4.25. The Morgan fingerprint density at radius 3 is 2.52 bits per heavy atom. The van der Waals surface area contributed by atoms with Crippen molar-refractivity contribution in [1.29, 1.82) is 0 Å². The van der Waals surface area contributed by atoms with E-state index in [2.05, 4.69) is 40.1 Å². The van der Waals surface area contributed by atoms with Crippen molar-refractivity contribution >= 4 is 5.95 Å². The number of piperazine rings is 1. The van der Waals surface area contributed by atoms with Gasteiger partial charge >= 0.3 is 0 Å². The van der Waals surface area contributed by atoms with Crippen LogP contribution in [0.5, 0.6) is 5.75 Å². The van der Waals surface area contributed by atoms with Crippen LogP contribution < -0.4 is 15.0 Å². The lowest BCUT2D eigenvalue weighted by Gasteiger charge is -2.27. The number of aromatic nitrogens is 3. The molecule has 1 N–H and O–H groups in total. The Balaban J connectivity index is 1.92. The molecule has 6 nitrogen and oxygen atoms in total. The number of hydrogen-bond acceptors (Lipinski definition) is 6. The second kappa shape index (κ2) is 7.78. The molecule has 2 heterocycles. The van der Waals surface area contributed by atoms with Gasteiger partial charge in [-0.2, -0.15) is 4.98 Å². The summed E-state index contributed by atoms with van der Waals surface area (Å²) >= 11 is 0. The van der Waals surface area contributed by atoms with Crippen LogP contribution in [0.1, 0.15) is 39.2 Å². The molecule has 0 saturated carbocycles. The number of anilines is 1. The summed E-state index contributed by atoms with van der Waals surface area (Å²) in [5.74, 6) is 2.76. The highest BCUT2D eigenvalue weighted by atomic mass is 16.5. The molecule has 1 aromatic heterocycles. The number of nitrogens with one attached hydrogen (secondary N) is 1. The average Bonchev–Trinajstić information content (AvgIpc) is 2.62. The van der Waals surface area contributed by atoms with Crippen LogP contribution in [0, 0.1) is 0 Å². The molecule has 1 aliphatic rings. The fourth-order valence-electron chi connectivity index (χ4n) is 2.94. The van der Waals surface area contributed by atoms with Gasteiger partial charge in [0.15, 0.2) is 5.82 Å². The minimum Gasteiger partial charge on any atom is -0.491 e. The zero-order chi connectivity index (χ0) is 17.8. The van der Waals surface area contributed by atoms with Crippen molar-refractivity contribution in [2.24, 2.45) is 0 Å². The van der Waals surface area contributed by atoms with Gasteiger partial charge in [0, 0.05) is 31.7 Å². The SMILES string of the molecule is CC(C)Oc1ccc(-c2ncnc(N3CCNCC3)n2)cc1C(C)C. The number of hydrogen-bond donors (Lipinski definition) is 1. The lowest BCUT2D eigenvalue weighted by atomic mass is 9.99. The molecule has 2 aromatic rings. The molecular formula is C19H27N5O. The Hall–Kier alpha value is -2.21. The molecule has 1 fully saturated rings. The van der Waals surface area contributed by atoms with Crippen molar-refractivity contribution in [3.8, 4) is 17.1 Å². The maximum Gasteiger partial charge on any atom is 0.228 e. The van der Waals surface area contributed by atoms with Gasteiger partial charge in [0.25, 0.3) is 0 Å². The van der Waals surface area contributed by atoms with Gasteiger partial charge in [0.2, 0.25) is 5.95 Å². The largest absolute Gasteiger partial charge is 0.491 e. The lowest BCUT2D eigenvalue weighted by Crippen LogP contribution is -2.44. The van der Waals surface area contributed by atoms with Crippen molar-refractivity contribution in [3.05, 3.63) is 30.1 Å². The van der Waals surface area contributed by atoms with Gasteiger partial charge in [-0.15, -0.1) is 0 Å². The third-order valence-corrected chi connectivity index (χ3v) is 4.21. The number of ether oxygens (including phenoxy) is 1. The highest BCUT2D eigenvalue weighted by molar-refractivity contribution is 5.60. The molecule has 1 aromatic carbocycles. The standard InChI is InChI=1S/C19H27N5O/c1-13(2)16-11-15(5-6-17(16)25-14(3)4)18-21-12-22-19(23-18)24-9-7-20-8-10-24/h5-6,11-14,20H,7-10H2,1-4H3. The summed E-state index contributed by atoms with van der Waals surface area (Å²) in [4.78, 5) is 15.6. The molecule has 3 rings (SSSR count). The second-order valence-corrected chi connectivity index (χ2v) is 6.92. The first-order valence-electron chi connectivity index (χ1n) is 9.00. The van der Waals surface area contributed by atoms with Crippen molar-refractivity contribution in [2.45, 2.75) is 39.7 Å². The summed E-state index contributed by atoms with van der Waals surface area (Å²) < 4.78 is 5.95. The first-order valence-corrected chi connectivity index (χ1v) is 9.00. The van der Waals surface area contributed by atoms with Gasteiger partial charge in [0.05, 0.1) is 6.10 Å². The van der Waals surface area contributed by atoms with E-state index in [4.69, 9.17) is 9.72 Å². The minimum atomic E-state index is 0.153. The quantitative estimate of drug-likeness (QED) is 0.902. The van der Waals surface area contributed by atoms with Gasteiger partial charge in [-0.25, -0.2) is 9.97 Å². The second-order valence-electron chi connectivity index (χ2n) is 6.92. The van der Waals surface area contributed by atoms with E-state index in [1.54, 1.807) is 6.33 Å². The average molecular weight is 341 g/mol. The Bertz CT molecular complexity index is 711. The Labute approximate surface area is 149 Å². The highest BCUT2D eigenvalue weighted by Crippen LogP contribution is 2.31. The van der Waals surface area contributed by atoms with Crippen molar-refractivity contribution in [3.63, 3.8) is 0 Å². The Morgan fingerprint density at radius 1 is 1.08 bits per heavy atom. The molecule has 1 saturated heterocycles. The van der Waals surface area contributed by atoms with Crippen LogP contribution >= 0.6 is 0 Å². The highest BCUT2D eigenvalue weighted by Gasteiger charge is 2.16. The van der Waals surface area contributed by atoms with Crippen LogP contribution in [-0.4, -0.2) is 47.2 Å². The van der Waals surface area contributed by atoms with Gasteiger partial charge in [-0.3, -0.25) is 0 Å². The summed E-state index contributed by atoms with van der Waals surface area (Å²) in [6.07, 6.45) is 1.76. The molecule has 25 heavy (non-hydrogen) atoms. The smallest absolute Gasteiger partial charge is 0.228 e. The van der Waals surface area contributed by atoms with Crippen LogP contribution in [0.2, 0.25) is 0 Å². The van der Waals surface area contributed by atoms with E-state index >= 15 is 0 Å².